The monoisotopic (exact) mass is 639 g/mol. The first-order valence-corrected chi connectivity index (χ1v) is 18.2. The summed E-state index contributed by atoms with van der Waals surface area (Å²) in [6.45, 7) is 18.1. The molecule has 0 aliphatic carbocycles. The minimum Gasteiger partial charge on any atom is -0.369 e. The topological polar surface area (TPSA) is 124 Å². The number of nitrogens with one attached hydrogen (secondary N) is 3. The number of piperazine rings is 1. The van der Waals surface area contributed by atoms with Crippen LogP contribution in [0.1, 0.15) is 52.9 Å². The molecule has 4 heterocycles. The first-order chi connectivity index (χ1) is 22.0. The Morgan fingerprint density at radius 1 is 0.978 bits per heavy atom. The highest BCUT2D eigenvalue weighted by molar-refractivity contribution is 6.90. The van der Waals surface area contributed by atoms with Crippen LogP contribution in [0.25, 0.3) is 11.0 Å². The van der Waals surface area contributed by atoms with Crippen molar-refractivity contribution >= 4 is 48.3 Å². The number of urea groups is 1. The molecule has 2 amide bonds. The second kappa shape index (κ2) is 14.3. The Morgan fingerprint density at radius 2 is 1.67 bits per heavy atom. The molecule has 0 radical (unpaired) electrons. The van der Waals surface area contributed by atoms with E-state index in [1.165, 1.54) is 11.9 Å². The zero-order chi connectivity index (χ0) is 32.8. The van der Waals surface area contributed by atoms with E-state index in [4.69, 9.17) is 9.51 Å². The van der Waals surface area contributed by atoms with Crippen molar-refractivity contribution in [3.8, 4) is 11.5 Å². The van der Waals surface area contributed by atoms with Crippen molar-refractivity contribution in [3.63, 3.8) is 0 Å². The van der Waals surface area contributed by atoms with E-state index in [9.17, 15) is 4.79 Å². The van der Waals surface area contributed by atoms with E-state index in [1.54, 1.807) is 18.3 Å². The second-order valence-corrected chi connectivity index (χ2v) is 18.5. The van der Waals surface area contributed by atoms with Gasteiger partial charge in [-0.15, -0.1) is 5.54 Å². The third kappa shape index (κ3) is 7.49. The van der Waals surface area contributed by atoms with Crippen LogP contribution in [0.5, 0.6) is 0 Å². The van der Waals surface area contributed by atoms with E-state index in [2.05, 4.69) is 113 Å². The number of rotatable bonds is 9. The van der Waals surface area contributed by atoms with Crippen molar-refractivity contribution in [2.24, 2.45) is 0 Å². The molecule has 5 rings (SSSR count). The number of benzene rings is 1. The molecule has 3 aromatic heterocycles. The molecule has 0 bridgehead atoms. The van der Waals surface area contributed by atoms with Crippen molar-refractivity contribution in [1.29, 1.82) is 0 Å². The summed E-state index contributed by atoms with van der Waals surface area (Å²) in [6.07, 6.45) is 3.30. The van der Waals surface area contributed by atoms with Crippen LogP contribution < -0.4 is 20.9 Å². The standard InChI is InChI=1S/C34H45N9O2Si/c1-23(2)46(24(3)4,25(5)6)19-13-26-20-31(40-34(44)36-21-29-12-14-37-45-29)39-32-30(26)22-35-33(41-32)38-27-8-10-28(11-9-27)43-17-15-42(7)16-18-43/h8-12,14,20,22-25H,15-18,21H2,1-7H3,(H3,35,36,38,39,40,41,44). The summed E-state index contributed by atoms with van der Waals surface area (Å²) in [4.78, 5) is 31.6. The molecule has 1 aliphatic rings. The largest absolute Gasteiger partial charge is 0.369 e. The first kappa shape index (κ1) is 32.9. The highest BCUT2D eigenvalue weighted by Crippen LogP contribution is 2.41. The quantitative estimate of drug-likeness (QED) is 0.141. The number of hydrogen-bond acceptors (Lipinski definition) is 9. The van der Waals surface area contributed by atoms with E-state index in [1.807, 2.05) is 12.1 Å². The number of carbonyl (C=O) groups excluding carboxylic acids is 1. The van der Waals surface area contributed by atoms with Crippen LogP contribution in [0.3, 0.4) is 0 Å². The highest BCUT2D eigenvalue weighted by Gasteiger charge is 2.41. The predicted octanol–water partition coefficient (Wildman–Crippen LogP) is 6.40. The number of aromatic nitrogens is 4. The van der Waals surface area contributed by atoms with Crippen molar-refractivity contribution in [3.05, 3.63) is 60.1 Å². The number of carbonyl (C=O) groups is 1. The van der Waals surface area contributed by atoms with Crippen LogP contribution in [0.15, 0.2) is 53.3 Å². The van der Waals surface area contributed by atoms with Gasteiger partial charge in [-0.05, 0) is 54.0 Å². The molecule has 0 unspecified atom stereocenters. The maximum atomic E-state index is 12.8. The molecule has 46 heavy (non-hydrogen) atoms. The Morgan fingerprint density at radius 3 is 2.30 bits per heavy atom. The summed E-state index contributed by atoms with van der Waals surface area (Å²) >= 11 is 0. The number of amides is 2. The van der Waals surface area contributed by atoms with Gasteiger partial charge in [0.25, 0.3) is 0 Å². The predicted molar refractivity (Wildman–Crippen MR) is 187 cm³/mol. The number of fused-ring (bicyclic) bond motifs is 1. The Hall–Kier alpha value is -4.47. The van der Waals surface area contributed by atoms with E-state index in [0.29, 0.717) is 39.8 Å². The van der Waals surface area contributed by atoms with E-state index in [-0.39, 0.29) is 6.54 Å². The minimum atomic E-state index is -2.03. The number of likely N-dealkylation sites (N-methyl/N-ethyl adjacent to an activating group) is 1. The molecule has 1 aliphatic heterocycles. The summed E-state index contributed by atoms with van der Waals surface area (Å²) in [7, 11) is 0.127. The zero-order valence-corrected chi connectivity index (χ0v) is 28.9. The van der Waals surface area contributed by atoms with Crippen LogP contribution in [-0.4, -0.2) is 72.3 Å². The van der Waals surface area contributed by atoms with Crippen molar-refractivity contribution < 1.29 is 9.32 Å². The van der Waals surface area contributed by atoms with Gasteiger partial charge in [0.2, 0.25) is 5.95 Å². The van der Waals surface area contributed by atoms with Gasteiger partial charge in [0.05, 0.1) is 18.1 Å². The lowest BCUT2D eigenvalue weighted by atomic mass is 10.2. The van der Waals surface area contributed by atoms with Gasteiger partial charge >= 0.3 is 6.03 Å². The van der Waals surface area contributed by atoms with E-state index in [0.717, 1.165) is 42.8 Å². The zero-order valence-electron chi connectivity index (χ0n) is 27.9. The molecule has 0 saturated carbocycles. The minimum absolute atomic E-state index is 0.196. The van der Waals surface area contributed by atoms with Gasteiger partial charge in [0.1, 0.15) is 13.9 Å². The smallest absolute Gasteiger partial charge is 0.320 e. The Kier molecular flexibility index (Phi) is 10.2. The molecule has 4 aromatic rings. The lowest BCUT2D eigenvalue weighted by Crippen LogP contribution is -2.44. The van der Waals surface area contributed by atoms with Crippen molar-refractivity contribution in [1.82, 2.24) is 30.3 Å². The van der Waals surface area contributed by atoms with Crippen molar-refractivity contribution in [2.75, 3.05) is 48.8 Å². The van der Waals surface area contributed by atoms with Crippen molar-refractivity contribution in [2.45, 2.75) is 64.7 Å². The van der Waals surface area contributed by atoms with Crippen LogP contribution in [0.4, 0.5) is 27.9 Å². The first-order valence-electron chi connectivity index (χ1n) is 16.0. The van der Waals surface area contributed by atoms with Gasteiger partial charge in [-0.1, -0.05) is 52.6 Å². The fourth-order valence-electron chi connectivity index (χ4n) is 6.46. The highest BCUT2D eigenvalue weighted by atomic mass is 28.3. The third-order valence-electron chi connectivity index (χ3n) is 8.99. The molecule has 0 atom stereocenters. The molecule has 11 nitrogen and oxygen atoms in total. The summed E-state index contributed by atoms with van der Waals surface area (Å²) in [5, 5.41) is 13.3. The SMILES string of the molecule is CC(C)[Si](C#Cc1cc(NC(=O)NCc2ccno2)nc2nc(Nc3ccc(N4CCN(C)CC4)cc3)ncc12)(C(C)C)C(C)C. The van der Waals surface area contributed by atoms with Gasteiger partial charge < -0.3 is 25.0 Å². The maximum Gasteiger partial charge on any atom is 0.320 e. The molecular weight excluding hydrogens is 595 g/mol. The normalized spacial score (nSPS) is 14.1. The average molecular weight is 640 g/mol. The van der Waals surface area contributed by atoms with E-state index >= 15 is 0 Å². The molecule has 12 heteroatoms. The number of hydrogen-bond donors (Lipinski definition) is 3. The molecule has 242 valence electrons. The number of anilines is 4. The molecule has 0 spiro atoms. The molecule has 1 aromatic carbocycles. The van der Waals surface area contributed by atoms with Gasteiger partial charge in [0, 0.05) is 55.4 Å². The van der Waals surface area contributed by atoms with Crippen LogP contribution in [0, 0.1) is 11.5 Å². The summed E-state index contributed by atoms with van der Waals surface area (Å²) in [5.74, 6) is 4.82. The fourth-order valence-corrected chi connectivity index (χ4v) is 11.7. The second-order valence-electron chi connectivity index (χ2n) is 12.9. The number of nitrogens with zero attached hydrogens (tertiary/aromatic N) is 6. The van der Waals surface area contributed by atoms with Gasteiger partial charge in [-0.25, -0.2) is 14.8 Å². The fraction of sp³-hybridized carbons (Fsp3) is 0.441. The third-order valence-corrected chi connectivity index (χ3v) is 15.3. The maximum absolute atomic E-state index is 12.8. The van der Waals surface area contributed by atoms with Gasteiger partial charge in [-0.3, -0.25) is 5.32 Å². The number of pyridine rings is 1. The van der Waals surface area contributed by atoms with Gasteiger partial charge in [-0.2, -0.15) is 4.98 Å². The Balaban J connectivity index is 1.45. The summed E-state index contributed by atoms with van der Waals surface area (Å²) < 4.78 is 5.09. The summed E-state index contributed by atoms with van der Waals surface area (Å²) in [5.41, 5.74) is 8.46. The lowest BCUT2D eigenvalue weighted by molar-refractivity contribution is 0.250. The Bertz CT molecular complexity index is 1670. The van der Waals surface area contributed by atoms with Gasteiger partial charge in [0.15, 0.2) is 11.4 Å². The summed E-state index contributed by atoms with van der Waals surface area (Å²) in [6, 6.07) is 11.4. The lowest BCUT2D eigenvalue weighted by Gasteiger charge is -2.38. The Labute approximate surface area is 272 Å². The van der Waals surface area contributed by atoms with Crippen LogP contribution in [-0.2, 0) is 6.54 Å². The molecule has 1 saturated heterocycles. The average Bonchev–Trinajstić information content (AvgIpc) is 3.54. The molecule has 1 fully saturated rings. The van der Waals surface area contributed by atoms with Crippen LogP contribution in [0.2, 0.25) is 16.6 Å². The molecular formula is C34H45N9O2Si. The molecule has 3 N–H and O–H groups in total. The van der Waals surface area contributed by atoms with E-state index < -0.39 is 14.1 Å². The van der Waals surface area contributed by atoms with Crippen LogP contribution >= 0.6 is 0 Å².